The Kier molecular flexibility index (Phi) is 15.1. The number of rotatable bonds is 14. The molecule has 0 aliphatic rings. The molecular formula is C20H29O3-. The Morgan fingerprint density at radius 2 is 1.61 bits per heavy atom. The fraction of sp³-hybridized carbons (Fsp3) is 0.500. The molecule has 0 radical (unpaired) electrons. The largest absolute Gasteiger partial charge is 0.550 e. The van der Waals surface area contributed by atoms with Gasteiger partial charge in [0, 0.05) is 12.4 Å². The molecule has 128 valence electrons. The van der Waals surface area contributed by atoms with Crippen molar-refractivity contribution in [2.45, 2.75) is 64.7 Å². The number of hydrogen-bond acceptors (Lipinski definition) is 3. The molecule has 3 heteroatoms. The summed E-state index contributed by atoms with van der Waals surface area (Å²) in [4.78, 5) is 21.7. The highest BCUT2D eigenvalue weighted by atomic mass is 16.4. The zero-order chi connectivity index (χ0) is 17.2. The van der Waals surface area contributed by atoms with Crippen molar-refractivity contribution in [3.8, 4) is 0 Å². The Morgan fingerprint density at radius 3 is 2.35 bits per heavy atom. The van der Waals surface area contributed by atoms with Crippen molar-refractivity contribution >= 4 is 11.8 Å². The second-order valence-corrected chi connectivity index (χ2v) is 5.40. The third kappa shape index (κ3) is 18.1. The monoisotopic (exact) mass is 317 g/mol. The van der Waals surface area contributed by atoms with E-state index in [2.05, 4.69) is 19.1 Å². The van der Waals surface area contributed by atoms with Crippen LogP contribution in [0, 0.1) is 0 Å². The maximum atomic E-state index is 11.5. The number of hydrogen-bond donors (Lipinski definition) is 0. The zero-order valence-corrected chi connectivity index (χ0v) is 14.2. The van der Waals surface area contributed by atoms with Crippen LogP contribution in [0.25, 0.3) is 0 Å². The standard InChI is InChI=1S/C20H30O3/c1-2-3-4-5-6-7-8-9-10-13-16-19(21)17-14-11-12-15-18-20(22)23/h6-7,9-11,13-14,16H,2-5,8,12,15,17-18H2,1H3,(H,22,23)/p-1/b7-6-,10-9-,14-11-,16-13+. The highest BCUT2D eigenvalue weighted by molar-refractivity contribution is 5.90. The average Bonchev–Trinajstić information content (AvgIpc) is 2.52. The normalized spacial score (nSPS) is 12.2. The summed E-state index contributed by atoms with van der Waals surface area (Å²) in [6.07, 6.45) is 22.7. The lowest BCUT2D eigenvalue weighted by Crippen LogP contribution is -2.21. The molecule has 3 nitrogen and oxygen atoms in total. The molecule has 0 bridgehead atoms. The minimum atomic E-state index is -1.03. The molecule has 0 aromatic carbocycles. The van der Waals surface area contributed by atoms with E-state index in [1.165, 1.54) is 19.3 Å². The van der Waals surface area contributed by atoms with Crippen LogP contribution in [0.15, 0.2) is 48.6 Å². The third-order valence-electron chi connectivity index (χ3n) is 3.18. The second kappa shape index (κ2) is 16.5. The summed E-state index contributed by atoms with van der Waals surface area (Å²) >= 11 is 0. The van der Waals surface area contributed by atoms with Crippen LogP contribution in [-0.4, -0.2) is 11.8 Å². The minimum absolute atomic E-state index is 0.0425. The molecule has 0 aromatic heterocycles. The number of carboxylic acid groups (broad SMARTS) is 1. The van der Waals surface area contributed by atoms with E-state index in [-0.39, 0.29) is 12.2 Å². The van der Waals surface area contributed by atoms with Gasteiger partial charge in [0.05, 0.1) is 0 Å². The van der Waals surface area contributed by atoms with Gasteiger partial charge in [0.1, 0.15) is 0 Å². The summed E-state index contributed by atoms with van der Waals surface area (Å²) < 4.78 is 0. The molecule has 0 spiro atoms. The summed E-state index contributed by atoms with van der Waals surface area (Å²) in [6.45, 7) is 2.20. The summed E-state index contributed by atoms with van der Waals surface area (Å²) in [7, 11) is 0. The van der Waals surface area contributed by atoms with Gasteiger partial charge in [-0.05, 0) is 44.6 Å². The number of unbranched alkanes of at least 4 members (excludes halogenated alkanes) is 4. The quantitative estimate of drug-likeness (QED) is 0.210. The highest BCUT2D eigenvalue weighted by Crippen LogP contribution is 2.00. The Hall–Kier alpha value is -1.90. The van der Waals surface area contributed by atoms with Gasteiger partial charge in [-0.3, -0.25) is 4.79 Å². The van der Waals surface area contributed by atoms with Crippen LogP contribution in [0.2, 0.25) is 0 Å². The van der Waals surface area contributed by atoms with Crippen LogP contribution in [0.4, 0.5) is 0 Å². The van der Waals surface area contributed by atoms with Gasteiger partial charge < -0.3 is 9.90 Å². The number of carboxylic acids is 1. The lowest BCUT2D eigenvalue weighted by Gasteiger charge is -1.97. The van der Waals surface area contributed by atoms with E-state index < -0.39 is 5.97 Å². The van der Waals surface area contributed by atoms with E-state index in [0.29, 0.717) is 19.3 Å². The molecule has 0 N–H and O–H groups in total. The Bertz CT molecular complexity index is 428. The van der Waals surface area contributed by atoms with Crippen LogP contribution in [-0.2, 0) is 9.59 Å². The maximum Gasteiger partial charge on any atom is 0.159 e. The fourth-order valence-electron chi connectivity index (χ4n) is 1.87. The number of ketones is 1. The summed E-state index contributed by atoms with van der Waals surface area (Å²) in [5, 5.41) is 10.2. The topological polar surface area (TPSA) is 57.2 Å². The first-order chi connectivity index (χ1) is 11.2. The molecular weight excluding hydrogens is 288 g/mol. The van der Waals surface area contributed by atoms with Gasteiger partial charge in [-0.1, -0.05) is 62.3 Å². The SMILES string of the molecule is CCCCC/C=C\C/C=C\C=C\C(=O)C/C=C\CCCC(=O)[O-]. The van der Waals surface area contributed by atoms with Gasteiger partial charge in [-0.2, -0.15) is 0 Å². The molecule has 0 aliphatic carbocycles. The van der Waals surface area contributed by atoms with Crippen molar-refractivity contribution in [3.05, 3.63) is 48.6 Å². The predicted octanol–water partition coefficient (Wildman–Crippen LogP) is 4.06. The zero-order valence-electron chi connectivity index (χ0n) is 14.2. The van der Waals surface area contributed by atoms with E-state index in [1.807, 2.05) is 18.2 Å². The first-order valence-corrected chi connectivity index (χ1v) is 8.52. The number of carbonyl (C=O) groups excluding carboxylic acids is 2. The van der Waals surface area contributed by atoms with Gasteiger partial charge >= 0.3 is 0 Å². The number of carbonyl (C=O) groups is 2. The minimum Gasteiger partial charge on any atom is -0.550 e. The van der Waals surface area contributed by atoms with E-state index in [0.717, 1.165) is 12.8 Å². The van der Waals surface area contributed by atoms with Crippen molar-refractivity contribution in [1.82, 2.24) is 0 Å². The van der Waals surface area contributed by atoms with Gasteiger partial charge in [0.15, 0.2) is 5.78 Å². The van der Waals surface area contributed by atoms with Crippen LogP contribution in [0.3, 0.4) is 0 Å². The van der Waals surface area contributed by atoms with Crippen molar-refractivity contribution in [2.75, 3.05) is 0 Å². The van der Waals surface area contributed by atoms with E-state index in [9.17, 15) is 14.7 Å². The van der Waals surface area contributed by atoms with Gasteiger partial charge in [0.25, 0.3) is 0 Å². The van der Waals surface area contributed by atoms with E-state index >= 15 is 0 Å². The summed E-state index contributed by atoms with van der Waals surface area (Å²) in [6, 6.07) is 0. The highest BCUT2D eigenvalue weighted by Gasteiger charge is 1.90. The first kappa shape index (κ1) is 21.1. The van der Waals surface area contributed by atoms with Crippen LogP contribution >= 0.6 is 0 Å². The smallest absolute Gasteiger partial charge is 0.159 e. The average molecular weight is 317 g/mol. The molecule has 0 heterocycles. The third-order valence-corrected chi connectivity index (χ3v) is 3.18. The van der Waals surface area contributed by atoms with Gasteiger partial charge in [-0.25, -0.2) is 0 Å². The van der Waals surface area contributed by atoms with Crippen LogP contribution in [0.1, 0.15) is 64.7 Å². The van der Waals surface area contributed by atoms with E-state index in [1.54, 1.807) is 18.2 Å². The molecule has 0 atom stereocenters. The maximum absolute atomic E-state index is 11.5. The van der Waals surface area contributed by atoms with Crippen molar-refractivity contribution < 1.29 is 14.7 Å². The summed E-state index contributed by atoms with van der Waals surface area (Å²) in [5.74, 6) is -0.985. The Morgan fingerprint density at radius 1 is 0.870 bits per heavy atom. The molecule has 0 aliphatic heterocycles. The lowest BCUT2D eigenvalue weighted by atomic mass is 10.2. The van der Waals surface area contributed by atoms with Crippen LogP contribution < -0.4 is 5.11 Å². The predicted molar refractivity (Wildman–Crippen MR) is 93.8 cm³/mol. The molecule has 0 unspecified atom stereocenters. The van der Waals surface area contributed by atoms with Crippen molar-refractivity contribution in [1.29, 1.82) is 0 Å². The molecule has 0 saturated carbocycles. The molecule has 0 fully saturated rings. The molecule has 0 amide bonds. The van der Waals surface area contributed by atoms with Gasteiger partial charge in [0.2, 0.25) is 0 Å². The molecule has 0 aromatic rings. The summed E-state index contributed by atoms with van der Waals surface area (Å²) in [5.41, 5.74) is 0. The van der Waals surface area contributed by atoms with Crippen LogP contribution in [0.5, 0.6) is 0 Å². The molecule has 0 saturated heterocycles. The van der Waals surface area contributed by atoms with E-state index in [4.69, 9.17) is 0 Å². The second-order valence-electron chi connectivity index (χ2n) is 5.40. The molecule has 0 rings (SSSR count). The lowest BCUT2D eigenvalue weighted by molar-refractivity contribution is -0.305. The number of allylic oxidation sites excluding steroid dienone is 8. The molecule has 23 heavy (non-hydrogen) atoms. The Balaban J connectivity index is 3.65. The Labute approximate surface area is 140 Å². The first-order valence-electron chi connectivity index (χ1n) is 8.52. The van der Waals surface area contributed by atoms with Gasteiger partial charge in [-0.15, -0.1) is 0 Å². The van der Waals surface area contributed by atoms with Crippen molar-refractivity contribution in [3.63, 3.8) is 0 Å². The number of aliphatic carboxylic acids is 1. The van der Waals surface area contributed by atoms with Crippen molar-refractivity contribution in [2.24, 2.45) is 0 Å². The fourth-order valence-corrected chi connectivity index (χ4v) is 1.87.